The molecular formula is C18H25FN4OS. The van der Waals surface area contributed by atoms with Gasteiger partial charge in [-0.15, -0.1) is 11.3 Å². The van der Waals surface area contributed by atoms with E-state index in [0.717, 1.165) is 35.2 Å². The average molecular weight is 364 g/mol. The first-order valence-corrected chi connectivity index (χ1v) is 9.20. The van der Waals surface area contributed by atoms with Crippen LogP contribution in [0.25, 0.3) is 0 Å². The van der Waals surface area contributed by atoms with E-state index < -0.39 is 0 Å². The van der Waals surface area contributed by atoms with Gasteiger partial charge in [-0.3, -0.25) is 0 Å². The molecule has 0 aliphatic heterocycles. The van der Waals surface area contributed by atoms with Gasteiger partial charge in [0.1, 0.15) is 0 Å². The van der Waals surface area contributed by atoms with E-state index in [-0.39, 0.29) is 11.6 Å². The topological polar surface area (TPSA) is 49.8 Å². The minimum atomic E-state index is -0.357. The molecule has 0 atom stereocenters. The fourth-order valence-electron chi connectivity index (χ4n) is 2.37. The molecule has 0 fully saturated rings. The summed E-state index contributed by atoms with van der Waals surface area (Å²) in [6, 6.07) is 4.99. The summed E-state index contributed by atoms with van der Waals surface area (Å²) in [7, 11) is 3.39. The maximum atomic E-state index is 13.9. The third-order valence-corrected chi connectivity index (χ3v) is 4.67. The minimum Gasteiger partial charge on any atom is -0.494 e. The van der Waals surface area contributed by atoms with Gasteiger partial charge < -0.3 is 15.0 Å². The molecule has 136 valence electrons. The van der Waals surface area contributed by atoms with Crippen LogP contribution >= 0.6 is 11.3 Å². The molecule has 0 aliphatic rings. The summed E-state index contributed by atoms with van der Waals surface area (Å²) in [6.45, 7) is 5.95. The maximum absolute atomic E-state index is 13.9. The standard InChI is InChI=1S/C18H25FN4OS/c1-5-17-22-14(12-25-17)10-21-18(20-6-2)23(3)11-13-7-8-16(24-4)15(19)9-13/h7-9,12H,5-6,10-11H2,1-4H3,(H,20,21). The van der Waals surface area contributed by atoms with Crippen molar-refractivity contribution in [1.29, 1.82) is 0 Å². The Balaban J connectivity index is 2.07. The number of halogens is 1. The summed E-state index contributed by atoms with van der Waals surface area (Å²) in [5.41, 5.74) is 1.83. The van der Waals surface area contributed by atoms with Crippen molar-refractivity contribution < 1.29 is 9.13 Å². The number of hydrogen-bond acceptors (Lipinski definition) is 4. The summed E-state index contributed by atoms with van der Waals surface area (Å²) in [5.74, 6) is 0.664. The van der Waals surface area contributed by atoms with Crippen molar-refractivity contribution in [2.24, 2.45) is 4.99 Å². The molecule has 0 saturated heterocycles. The number of benzene rings is 1. The Morgan fingerprint density at radius 1 is 1.40 bits per heavy atom. The highest BCUT2D eigenvalue weighted by Gasteiger charge is 2.10. The van der Waals surface area contributed by atoms with Crippen LogP contribution < -0.4 is 10.1 Å². The molecule has 25 heavy (non-hydrogen) atoms. The molecular weight excluding hydrogens is 339 g/mol. The van der Waals surface area contributed by atoms with Gasteiger partial charge in [0.2, 0.25) is 0 Å². The zero-order valence-corrected chi connectivity index (χ0v) is 16.0. The lowest BCUT2D eigenvalue weighted by atomic mass is 10.2. The normalized spacial score (nSPS) is 11.5. The first-order valence-electron chi connectivity index (χ1n) is 8.32. The summed E-state index contributed by atoms with van der Waals surface area (Å²) >= 11 is 1.66. The molecule has 1 N–H and O–H groups in total. The third-order valence-electron chi connectivity index (χ3n) is 3.62. The van der Waals surface area contributed by atoms with E-state index in [0.29, 0.717) is 13.1 Å². The molecule has 1 aromatic heterocycles. The van der Waals surface area contributed by atoms with Crippen LogP contribution in [0.15, 0.2) is 28.6 Å². The molecule has 0 amide bonds. The molecule has 0 saturated carbocycles. The van der Waals surface area contributed by atoms with Gasteiger partial charge in [-0.05, 0) is 31.0 Å². The number of aryl methyl sites for hydroxylation is 1. The lowest BCUT2D eigenvalue weighted by molar-refractivity contribution is 0.385. The predicted molar refractivity (Wildman–Crippen MR) is 101 cm³/mol. The Morgan fingerprint density at radius 3 is 2.80 bits per heavy atom. The summed E-state index contributed by atoms with van der Waals surface area (Å²) in [6.07, 6.45) is 0.942. The Labute approximate surface area is 152 Å². The van der Waals surface area contributed by atoms with Crippen LogP contribution in [0.1, 0.15) is 30.1 Å². The van der Waals surface area contributed by atoms with Gasteiger partial charge in [-0.2, -0.15) is 0 Å². The summed E-state index contributed by atoms with van der Waals surface area (Å²) in [5, 5.41) is 6.43. The fourth-order valence-corrected chi connectivity index (χ4v) is 3.10. The molecule has 0 aliphatic carbocycles. The number of ether oxygens (including phenoxy) is 1. The number of aromatic nitrogens is 1. The van der Waals surface area contributed by atoms with Gasteiger partial charge in [0, 0.05) is 25.5 Å². The maximum Gasteiger partial charge on any atom is 0.194 e. The van der Waals surface area contributed by atoms with Gasteiger partial charge in [0.05, 0.1) is 24.4 Å². The number of rotatable bonds is 7. The number of aliphatic imine (C=N–C) groups is 1. The van der Waals surface area contributed by atoms with Crippen LogP contribution in [-0.4, -0.2) is 36.5 Å². The molecule has 1 aromatic carbocycles. The van der Waals surface area contributed by atoms with Crippen LogP contribution in [0.4, 0.5) is 4.39 Å². The molecule has 2 rings (SSSR count). The zero-order valence-electron chi connectivity index (χ0n) is 15.2. The molecule has 0 unspecified atom stereocenters. The van der Waals surface area contributed by atoms with E-state index in [4.69, 9.17) is 4.74 Å². The monoisotopic (exact) mass is 364 g/mol. The highest BCUT2D eigenvalue weighted by atomic mass is 32.1. The molecule has 0 bridgehead atoms. The predicted octanol–water partition coefficient (Wildman–Crippen LogP) is 3.45. The number of hydrogen-bond donors (Lipinski definition) is 1. The van der Waals surface area contributed by atoms with Gasteiger partial charge in [-0.25, -0.2) is 14.4 Å². The average Bonchev–Trinajstić information content (AvgIpc) is 3.06. The Hall–Kier alpha value is -2.15. The Bertz CT molecular complexity index is 717. The lowest BCUT2D eigenvalue weighted by Gasteiger charge is -2.22. The van der Waals surface area contributed by atoms with Gasteiger partial charge in [0.15, 0.2) is 17.5 Å². The zero-order chi connectivity index (χ0) is 18.2. The molecule has 0 radical (unpaired) electrons. The van der Waals surface area contributed by atoms with Crippen molar-refractivity contribution in [2.45, 2.75) is 33.4 Å². The quantitative estimate of drug-likeness (QED) is 0.604. The van der Waals surface area contributed by atoms with Crippen molar-refractivity contribution in [3.63, 3.8) is 0 Å². The van der Waals surface area contributed by atoms with Crippen molar-refractivity contribution in [3.05, 3.63) is 45.7 Å². The van der Waals surface area contributed by atoms with Gasteiger partial charge in [0.25, 0.3) is 0 Å². The van der Waals surface area contributed by atoms with Crippen LogP contribution in [0.2, 0.25) is 0 Å². The van der Waals surface area contributed by atoms with E-state index in [1.54, 1.807) is 17.4 Å². The highest BCUT2D eigenvalue weighted by Crippen LogP contribution is 2.18. The molecule has 0 spiro atoms. The van der Waals surface area contributed by atoms with Crippen LogP contribution in [0.3, 0.4) is 0 Å². The number of thiazole rings is 1. The second kappa shape index (κ2) is 9.36. The van der Waals surface area contributed by atoms with E-state index in [9.17, 15) is 4.39 Å². The van der Waals surface area contributed by atoms with Crippen molar-refractivity contribution in [3.8, 4) is 5.75 Å². The van der Waals surface area contributed by atoms with Crippen LogP contribution in [-0.2, 0) is 19.5 Å². The largest absolute Gasteiger partial charge is 0.494 e. The molecule has 1 heterocycles. The van der Waals surface area contributed by atoms with Gasteiger partial charge in [-0.1, -0.05) is 13.0 Å². The molecule has 2 aromatic rings. The number of methoxy groups -OCH3 is 1. The number of nitrogens with zero attached hydrogens (tertiary/aromatic N) is 3. The van der Waals surface area contributed by atoms with E-state index >= 15 is 0 Å². The minimum absolute atomic E-state index is 0.252. The van der Waals surface area contributed by atoms with E-state index in [1.807, 2.05) is 30.3 Å². The summed E-state index contributed by atoms with van der Waals surface area (Å²) < 4.78 is 18.8. The van der Waals surface area contributed by atoms with Gasteiger partial charge >= 0.3 is 0 Å². The summed E-state index contributed by atoms with van der Waals surface area (Å²) in [4.78, 5) is 11.1. The van der Waals surface area contributed by atoms with Crippen molar-refractivity contribution in [2.75, 3.05) is 20.7 Å². The van der Waals surface area contributed by atoms with E-state index in [2.05, 4.69) is 22.2 Å². The fraction of sp³-hybridized carbons (Fsp3) is 0.444. The van der Waals surface area contributed by atoms with Crippen molar-refractivity contribution in [1.82, 2.24) is 15.2 Å². The second-order valence-corrected chi connectivity index (χ2v) is 6.52. The molecule has 7 heteroatoms. The van der Waals surface area contributed by atoms with Crippen LogP contribution in [0, 0.1) is 5.82 Å². The Morgan fingerprint density at radius 2 is 2.20 bits per heavy atom. The second-order valence-electron chi connectivity index (χ2n) is 5.58. The van der Waals surface area contributed by atoms with E-state index in [1.165, 1.54) is 13.2 Å². The Kier molecular flexibility index (Phi) is 7.18. The first-order chi connectivity index (χ1) is 12.1. The highest BCUT2D eigenvalue weighted by molar-refractivity contribution is 7.09. The molecule has 5 nitrogen and oxygen atoms in total. The SMILES string of the molecule is CCNC(=NCc1csc(CC)n1)N(C)Cc1ccc(OC)c(F)c1. The van der Waals surface area contributed by atoms with Crippen LogP contribution in [0.5, 0.6) is 5.75 Å². The smallest absolute Gasteiger partial charge is 0.194 e. The third kappa shape index (κ3) is 5.42. The lowest BCUT2D eigenvalue weighted by Crippen LogP contribution is -2.38. The van der Waals surface area contributed by atoms with Crippen molar-refractivity contribution >= 4 is 17.3 Å². The first kappa shape index (κ1) is 19.2. The number of guanidine groups is 1. The number of nitrogens with one attached hydrogen (secondary N) is 1.